The lowest BCUT2D eigenvalue weighted by Gasteiger charge is -2.23. The van der Waals surface area contributed by atoms with E-state index in [1.165, 1.54) is 0 Å². The van der Waals surface area contributed by atoms with Gasteiger partial charge in [0.1, 0.15) is 0 Å². The Hall–Kier alpha value is -0.700. The van der Waals surface area contributed by atoms with Crippen molar-refractivity contribution in [3.05, 3.63) is 22.7 Å². The molecule has 0 aliphatic rings. The summed E-state index contributed by atoms with van der Waals surface area (Å²) in [6, 6.07) is 5.94. The number of halogens is 1. The van der Waals surface area contributed by atoms with Crippen LogP contribution < -0.4 is 10.6 Å². The zero-order valence-electron chi connectivity index (χ0n) is 8.92. The van der Waals surface area contributed by atoms with Gasteiger partial charge in [0, 0.05) is 18.1 Å². The highest BCUT2D eigenvalue weighted by molar-refractivity contribution is 9.10. The maximum Gasteiger partial charge on any atom is 0.0608 e. The summed E-state index contributed by atoms with van der Waals surface area (Å²) in [5.41, 5.74) is 7.82. The summed E-state index contributed by atoms with van der Waals surface area (Å²) < 4.78 is 1.07. The second kappa shape index (κ2) is 4.69. The highest BCUT2D eigenvalue weighted by atomic mass is 79.9. The Morgan fingerprint density at radius 2 is 2.07 bits per heavy atom. The Kier molecular flexibility index (Phi) is 3.81. The normalized spacial score (nSPS) is 10.6. The van der Waals surface area contributed by atoms with E-state index in [-0.39, 0.29) is 0 Å². The lowest BCUT2D eigenvalue weighted by molar-refractivity contribution is 0.639. The van der Waals surface area contributed by atoms with E-state index in [2.05, 4.69) is 47.8 Å². The zero-order valence-corrected chi connectivity index (χ0v) is 10.5. The van der Waals surface area contributed by atoms with Crippen LogP contribution in [0, 0.1) is 5.92 Å². The quantitative estimate of drug-likeness (QED) is 0.843. The minimum absolute atomic E-state index is 0.637. The molecule has 0 fully saturated rings. The molecule has 0 aliphatic heterocycles. The van der Waals surface area contributed by atoms with Crippen LogP contribution in [0.5, 0.6) is 0 Å². The van der Waals surface area contributed by atoms with Crippen LogP contribution in [0.3, 0.4) is 0 Å². The summed E-state index contributed by atoms with van der Waals surface area (Å²) >= 11 is 3.45. The molecule has 2 nitrogen and oxygen atoms in total. The fourth-order valence-corrected chi connectivity index (χ4v) is 1.84. The fraction of sp³-hybridized carbons (Fsp3) is 0.455. The number of nitrogens with two attached hydrogens (primary N) is 1. The number of benzene rings is 1. The van der Waals surface area contributed by atoms with Gasteiger partial charge in [-0.05, 0) is 24.1 Å². The van der Waals surface area contributed by atoms with Crippen LogP contribution in [0.15, 0.2) is 22.7 Å². The number of anilines is 2. The van der Waals surface area contributed by atoms with Crippen LogP contribution in [0.2, 0.25) is 0 Å². The smallest absolute Gasteiger partial charge is 0.0608 e. The summed E-state index contributed by atoms with van der Waals surface area (Å²) in [6.07, 6.45) is 0. The van der Waals surface area contributed by atoms with Gasteiger partial charge < -0.3 is 10.6 Å². The molecule has 0 aliphatic carbocycles. The second-order valence-corrected chi connectivity index (χ2v) is 4.89. The van der Waals surface area contributed by atoms with Crippen molar-refractivity contribution in [2.75, 3.05) is 24.2 Å². The molecule has 0 atom stereocenters. The summed E-state index contributed by atoms with van der Waals surface area (Å²) in [6.45, 7) is 5.41. The van der Waals surface area contributed by atoms with E-state index < -0.39 is 0 Å². The number of hydrogen-bond donors (Lipinski definition) is 1. The van der Waals surface area contributed by atoms with Gasteiger partial charge in [-0.3, -0.25) is 0 Å². The molecular weight excluding hydrogens is 240 g/mol. The molecular formula is C11H17BrN2. The van der Waals surface area contributed by atoms with E-state index in [4.69, 9.17) is 5.73 Å². The summed E-state index contributed by atoms with van der Waals surface area (Å²) in [5.74, 6) is 0.637. The van der Waals surface area contributed by atoms with Gasteiger partial charge in [-0.25, -0.2) is 0 Å². The monoisotopic (exact) mass is 256 g/mol. The summed E-state index contributed by atoms with van der Waals surface area (Å²) in [4.78, 5) is 2.19. The van der Waals surface area contributed by atoms with Crippen molar-refractivity contribution in [3.63, 3.8) is 0 Å². The third-order valence-corrected chi connectivity index (χ3v) is 2.54. The lowest BCUT2D eigenvalue weighted by atomic mass is 10.2. The fourth-order valence-electron chi connectivity index (χ4n) is 1.49. The van der Waals surface area contributed by atoms with E-state index in [1.54, 1.807) is 0 Å². The molecule has 2 N–H and O–H groups in total. The van der Waals surface area contributed by atoms with Crippen molar-refractivity contribution in [3.8, 4) is 0 Å². The Morgan fingerprint density at radius 1 is 1.43 bits per heavy atom. The molecule has 0 aromatic heterocycles. The number of nitrogens with zero attached hydrogens (tertiary/aromatic N) is 1. The first-order valence-electron chi connectivity index (χ1n) is 4.77. The molecule has 0 spiro atoms. The topological polar surface area (TPSA) is 29.3 Å². The Bertz CT molecular complexity index is 310. The molecule has 1 aromatic carbocycles. The molecule has 0 amide bonds. The molecule has 0 saturated carbocycles. The summed E-state index contributed by atoms with van der Waals surface area (Å²) in [7, 11) is 2.07. The Balaban J connectivity index is 2.88. The molecule has 0 saturated heterocycles. The first-order valence-corrected chi connectivity index (χ1v) is 5.56. The van der Waals surface area contributed by atoms with Crippen LogP contribution >= 0.6 is 15.9 Å². The Morgan fingerprint density at radius 3 is 2.64 bits per heavy atom. The molecule has 0 heterocycles. The van der Waals surface area contributed by atoms with Crippen LogP contribution in [0.25, 0.3) is 0 Å². The zero-order chi connectivity index (χ0) is 10.7. The Labute approximate surface area is 94.2 Å². The molecule has 14 heavy (non-hydrogen) atoms. The van der Waals surface area contributed by atoms with Crippen molar-refractivity contribution in [2.24, 2.45) is 5.92 Å². The average Bonchev–Trinajstić information content (AvgIpc) is 2.08. The average molecular weight is 257 g/mol. The number of hydrogen-bond acceptors (Lipinski definition) is 2. The SMILES string of the molecule is CC(C)CN(C)c1cc(Br)ccc1N. The van der Waals surface area contributed by atoms with Crippen molar-refractivity contribution in [1.82, 2.24) is 0 Å². The van der Waals surface area contributed by atoms with Crippen LogP contribution in [0.4, 0.5) is 11.4 Å². The van der Waals surface area contributed by atoms with Crippen molar-refractivity contribution in [2.45, 2.75) is 13.8 Å². The van der Waals surface area contributed by atoms with Crippen molar-refractivity contribution in [1.29, 1.82) is 0 Å². The highest BCUT2D eigenvalue weighted by Crippen LogP contribution is 2.26. The second-order valence-electron chi connectivity index (χ2n) is 3.98. The third kappa shape index (κ3) is 2.91. The van der Waals surface area contributed by atoms with Crippen LogP contribution in [-0.4, -0.2) is 13.6 Å². The number of rotatable bonds is 3. The van der Waals surface area contributed by atoms with E-state index in [1.807, 2.05) is 12.1 Å². The van der Waals surface area contributed by atoms with E-state index in [0.717, 1.165) is 22.4 Å². The van der Waals surface area contributed by atoms with Crippen molar-refractivity contribution >= 4 is 27.3 Å². The minimum Gasteiger partial charge on any atom is -0.397 e. The van der Waals surface area contributed by atoms with Gasteiger partial charge in [-0.2, -0.15) is 0 Å². The molecule has 78 valence electrons. The first kappa shape index (κ1) is 11.4. The van der Waals surface area contributed by atoms with Gasteiger partial charge >= 0.3 is 0 Å². The van der Waals surface area contributed by atoms with Gasteiger partial charge in [-0.1, -0.05) is 29.8 Å². The largest absolute Gasteiger partial charge is 0.397 e. The molecule has 0 radical (unpaired) electrons. The standard InChI is InChI=1S/C11H17BrN2/c1-8(2)7-14(3)11-6-9(12)4-5-10(11)13/h4-6,8H,7,13H2,1-3H3. The first-order chi connectivity index (χ1) is 6.50. The number of nitrogen functional groups attached to an aromatic ring is 1. The predicted octanol–water partition coefficient (Wildman–Crippen LogP) is 3.12. The van der Waals surface area contributed by atoms with Gasteiger partial charge in [-0.15, -0.1) is 0 Å². The maximum absolute atomic E-state index is 5.90. The molecule has 3 heteroatoms. The van der Waals surface area contributed by atoms with E-state index >= 15 is 0 Å². The van der Waals surface area contributed by atoms with E-state index in [0.29, 0.717) is 5.92 Å². The van der Waals surface area contributed by atoms with E-state index in [9.17, 15) is 0 Å². The molecule has 0 unspecified atom stereocenters. The molecule has 0 bridgehead atoms. The van der Waals surface area contributed by atoms with Crippen LogP contribution in [-0.2, 0) is 0 Å². The molecule has 1 rings (SSSR count). The predicted molar refractivity (Wildman–Crippen MR) is 66.7 cm³/mol. The lowest BCUT2D eigenvalue weighted by Crippen LogP contribution is -2.23. The molecule has 1 aromatic rings. The van der Waals surface area contributed by atoms with Gasteiger partial charge in [0.15, 0.2) is 0 Å². The minimum atomic E-state index is 0.637. The van der Waals surface area contributed by atoms with Gasteiger partial charge in [0.25, 0.3) is 0 Å². The van der Waals surface area contributed by atoms with Gasteiger partial charge in [0.05, 0.1) is 11.4 Å². The maximum atomic E-state index is 5.90. The highest BCUT2D eigenvalue weighted by Gasteiger charge is 2.07. The van der Waals surface area contributed by atoms with Crippen molar-refractivity contribution < 1.29 is 0 Å². The van der Waals surface area contributed by atoms with Gasteiger partial charge in [0.2, 0.25) is 0 Å². The summed E-state index contributed by atoms with van der Waals surface area (Å²) in [5, 5.41) is 0. The third-order valence-electron chi connectivity index (χ3n) is 2.04. The van der Waals surface area contributed by atoms with Crippen LogP contribution in [0.1, 0.15) is 13.8 Å².